The zero-order valence-corrected chi connectivity index (χ0v) is 9.40. The Bertz CT molecular complexity index is 434. The molecule has 0 spiro atoms. The lowest BCUT2D eigenvalue weighted by Crippen LogP contribution is -2.30. The van der Waals surface area contributed by atoms with Gasteiger partial charge in [-0.2, -0.15) is 0 Å². The molecule has 7 nitrogen and oxygen atoms in total. The molecule has 0 heterocycles. The van der Waals surface area contributed by atoms with Crippen molar-refractivity contribution in [2.75, 3.05) is 25.9 Å². The normalized spacial score (nSPS) is 9.94. The molecule has 92 valence electrons. The number of amides is 1. The average Bonchev–Trinajstić information content (AvgIpc) is 2.29. The molecule has 0 atom stereocenters. The lowest BCUT2D eigenvalue weighted by molar-refractivity contribution is -0.384. The van der Waals surface area contributed by atoms with Crippen molar-refractivity contribution in [1.82, 2.24) is 10.6 Å². The second kappa shape index (κ2) is 5.80. The van der Waals surface area contributed by atoms with Gasteiger partial charge in [-0.3, -0.25) is 14.9 Å². The molecule has 0 saturated carbocycles. The smallest absolute Gasteiger partial charge is 0.270 e. The van der Waals surface area contributed by atoms with Crippen LogP contribution in [0, 0.1) is 10.1 Å². The Morgan fingerprint density at radius 2 is 2.18 bits per heavy atom. The van der Waals surface area contributed by atoms with Crippen molar-refractivity contribution in [3.63, 3.8) is 0 Å². The van der Waals surface area contributed by atoms with Crippen LogP contribution in [0.1, 0.15) is 10.4 Å². The molecule has 0 aromatic heterocycles. The van der Waals surface area contributed by atoms with Gasteiger partial charge in [0.2, 0.25) is 0 Å². The number of nitro groups is 1. The van der Waals surface area contributed by atoms with Crippen LogP contribution in [0.15, 0.2) is 18.2 Å². The minimum atomic E-state index is -0.566. The van der Waals surface area contributed by atoms with Crippen molar-refractivity contribution in [3.05, 3.63) is 33.9 Å². The van der Waals surface area contributed by atoms with Crippen LogP contribution < -0.4 is 16.4 Å². The number of nitrogens with zero attached hydrogens (tertiary/aromatic N) is 1. The number of non-ortho nitro benzene ring substituents is 1. The van der Waals surface area contributed by atoms with Gasteiger partial charge in [-0.15, -0.1) is 0 Å². The Hall–Kier alpha value is -2.15. The van der Waals surface area contributed by atoms with Crippen molar-refractivity contribution < 1.29 is 9.72 Å². The highest BCUT2D eigenvalue weighted by molar-refractivity contribution is 5.99. The quantitative estimate of drug-likeness (QED) is 0.292. The summed E-state index contributed by atoms with van der Waals surface area (Å²) in [6.07, 6.45) is 0. The first-order valence-electron chi connectivity index (χ1n) is 5.03. The summed E-state index contributed by atoms with van der Waals surface area (Å²) in [5, 5.41) is 16.0. The van der Waals surface area contributed by atoms with Crippen molar-refractivity contribution in [3.8, 4) is 0 Å². The summed E-state index contributed by atoms with van der Waals surface area (Å²) in [7, 11) is 1.76. The van der Waals surface area contributed by atoms with Gasteiger partial charge in [0.25, 0.3) is 11.6 Å². The topological polar surface area (TPSA) is 110 Å². The summed E-state index contributed by atoms with van der Waals surface area (Å²) >= 11 is 0. The molecule has 1 rings (SSSR count). The number of likely N-dealkylation sites (N-methyl/N-ethyl adjacent to an activating group) is 1. The molecule has 0 aliphatic heterocycles. The number of rotatable bonds is 5. The predicted molar refractivity (Wildman–Crippen MR) is 63.8 cm³/mol. The van der Waals surface area contributed by atoms with Gasteiger partial charge in [0.1, 0.15) is 0 Å². The monoisotopic (exact) mass is 238 g/mol. The van der Waals surface area contributed by atoms with Crippen molar-refractivity contribution in [2.24, 2.45) is 0 Å². The third-order valence-corrected chi connectivity index (χ3v) is 2.15. The number of hydrogen-bond donors (Lipinski definition) is 3. The molecule has 0 aliphatic carbocycles. The number of hydrogen-bond acceptors (Lipinski definition) is 5. The fourth-order valence-corrected chi connectivity index (χ4v) is 1.25. The van der Waals surface area contributed by atoms with Gasteiger partial charge >= 0.3 is 0 Å². The average molecular weight is 238 g/mol. The van der Waals surface area contributed by atoms with E-state index >= 15 is 0 Å². The maximum atomic E-state index is 11.7. The zero-order valence-electron chi connectivity index (χ0n) is 9.40. The molecule has 1 aromatic carbocycles. The van der Waals surface area contributed by atoms with E-state index in [1.807, 2.05) is 0 Å². The SMILES string of the molecule is CNCCNC(=O)c1cc([N+](=O)[O-])ccc1N. The molecular formula is C10H14N4O3. The number of carbonyl (C=O) groups excluding carboxylic acids is 1. The third-order valence-electron chi connectivity index (χ3n) is 2.15. The summed E-state index contributed by atoms with van der Waals surface area (Å²) in [4.78, 5) is 21.7. The van der Waals surface area contributed by atoms with Crippen LogP contribution in [0.5, 0.6) is 0 Å². The first kappa shape index (κ1) is 12.9. The Morgan fingerprint density at radius 1 is 1.47 bits per heavy atom. The second-order valence-corrected chi connectivity index (χ2v) is 3.39. The van der Waals surface area contributed by atoms with E-state index in [2.05, 4.69) is 10.6 Å². The number of nitro benzene ring substituents is 1. The predicted octanol–water partition coefficient (Wildman–Crippen LogP) is 0.126. The Kier molecular flexibility index (Phi) is 4.41. The van der Waals surface area contributed by atoms with Crippen LogP contribution in [0.2, 0.25) is 0 Å². The first-order valence-corrected chi connectivity index (χ1v) is 5.03. The van der Waals surface area contributed by atoms with Crippen LogP contribution in [0.3, 0.4) is 0 Å². The Morgan fingerprint density at radius 3 is 2.76 bits per heavy atom. The maximum absolute atomic E-state index is 11.7. The molecule has 17 heavy (non-hydrogen) atoms. The van der Waals surface area contributed by atoms with Crippen molar-refractivity contribution in [1.29, 1.82) is 0 Å². The minimum absolute atomic E-state index is 0.121. The summed E-state index contributed by atoms with van der Waals surface area (Å²) in [5.41, 5.74) is 5.78. The maximum Gasteiger partial charge on any atom is 0.270 e. The molecule has 1 amide bonds. The molecule has 1 aromatic rings. The molecule has 0 radical (unpaired) electrons. The van der Waals surface area contributed by atoms with E-state index in [0.717, 1.165) is 0 Å². The fourth-order valence-electron chi connectivity index (χ4n) is 1.25. The first-order chi connectivity index (χ1) is 8.06. The standard InChI is InChI=1S/C10H14N4O3/c1-12-4-5-13-10(15)8-6-7(14(16)17)2-3-9(8)11/h2-3,6,12H,4-5,11H2,1H3,(H,13,15). The van der Waals surface area contributed by atoms with Crippen molar-refractivity contribution >= 4 is 17.3 Å². The third kappa shape index (κ3) is 3.42. The summed E-state index contributed by atoms with van der Waals surface area (Å²) < 4.78 is 0. The van der Waals surface area contributed by atoms with Gasteiger partial charge in [-0.25, -0.2) is 0 Å². The van der Waals surface area contributed by atoms with Crippen LogP contribution in [0.4, 0.5) is 11.4 Å². The van der Waals surface area contributed by atoms with E-state index < -0.39 is 10.8 Å². The lowest BCUT2D eigenvalue weighted by atomic mass is 10.1. The highest BCUT2D eigenvalue weighted by Crippen LogP contribution is 2.19. The molecule has 4 N–H and O–H groups in total. The summed E-state index contributed by atoms with van der Waals surface area (Å²) in [5.74, 6) is -0.415. The van der Waals surface area contributed by atoms with E-state index in [0.29, 0.717) is 13.1 Å². The Labute approximate surface area is 98.1 Å². The molecule has 0 saturated heterocycles. The van der Waals surface area contributed by atoms with Gasteiger partial charge in [0, 0.05) is 30.9 Å². The van der Waals surface area contributed by atoms with Gasteiger partial charge in [-0.05, 0) is 13.1 Å². The highest BCUT2D eigenvalue weighted by atomic mass is 16.6. The summed E-state index contributed by atoms with van der Waals surface area (Å²) in [6, 6.07) is 3.79. The zero-order chi connectivity index (χ0) is 12.8. The van der Waals surface area contributed by atoms with Gasteiger partial charge in [0.05, 0.1) is 10.5 Å². The number of carbonyl (C=O) groups is 1. The van der Waals surface area contributed by atoms with Crippen LogP contribution in [-0.4, -0.2) is 31.0 Å². The number of nitrogens with two attached hydrogens (primary N) is 1. The number of nitrogen functional groups attached to an aromatic ring is 1. The van der Waals surface area contributed by atoms with E-state index in [1.54, 1.807) is 7.05 Å². The number of nitrogens with one attached hydrogen (secondary N) is 2. The van der Waals surface area contributed by atoms with Crippen LogP contribution in [-0.2, 0) is 0 Å². The van der Waals surface area contributed by atoms with Crippen molar-refractivity contribution in [2.45, 2.75) is 0 Å². The fraction of sp³-hybridized carbons (Fsp3) is 0.300. The van der Waals surface area contributed by atoms with Gasteiger partial charge < -0.3 is 16.4 Å². The minimum Gasteiger partial charge on any atom is -0.398 e. The van der Waals surface area contributed by atoms with E-state index in [4.69, 9.17) is 5.73 Å². The number of benzene rings is 1. The van der Waals surface area contributed by atoms with Crippen LogP contribution in [0.25, 0.3) is 0 Å². The lowest BCUT2D eigenvalue weighted by Gasteiger charge is -2.06. The second-order valence-electron chi connectivity index (χ2n) is 3.39. The highest BCUT2D eigenvalue weighted by Gasteiger charge is 2.14. The molecule has 0 fully saturated rings. The number of anilines is 1. The molecule has 0 unspecified atom stereocenters. The van der Waals surface area contributed by atoms with Gasteiger partial charge in [0.15, 0.2) is 0 Å². The molecular weight excluding hydrogens is 224 g/mol. The Balaban J connectivity index is 2.84. The van der Waals surface area contributed by atoms with E-state index in [1.165, 1.54) is 18.2 Å². The van der Waals surface area contributed by atoms with E-state index in [-0.39, 0.29) is 16.9 Å². The molecule has 7 heteroatoms. The molecule has 0 bridgehead atoms. The largest absolute Gasteiger partial charge is 0.398 e. The molecule has 0 aliphatic rings. The van der Waals surface area contributed by atoms with E-state index in [9.17, 15) is 14.9 Å². The van der Waals surface area contributed by atoms with Gasteiger partial charge in [-0.1, -0.05) is 0 Å². The van der Waals surface area contributed by atoms with Crippen LogP contribution >= 0.6 is 0 Å². The summed E-state index contributed by atoms with van der Waals surface area (Å²) in [6.45, 7) is 1.04.